The number of hydrogen-bond acceptors (Lipinski definition) is 5. The zero-order chi connectivity index (χ0) is 13.2. The van der Waals surface area contributed by atoms with Gasteiger partial charge in [-0.2, -0.15) is 9.50 Å². The smallest absolute Gasteiger partial charge is 0.374 e. The summed E-state index contributed by atoms with van der Waals surface area (Å²) in [5, 5.41) is 4.00. The number of nitrogens with zero attached hydrogens (tertiary/aromatic N) is 4. The highest BCUT2D eigenvalue weighted by Gasteiger charge is 2.07. The maximum absolute atomic E-state index is 11.8. The van der Waals surface area contributed by atoms with E-state index >= 15 is 0 Å². The first kappa shape index (κ1) is 11.6. The van der Waals surface area contributed by atoms with Gasteiger partial charge in [-0.1, -0.05) is 29.8 Å². The van der Waals surface area contributed by atoms with Crippen molar-refractivity contribution in [3.05, 3.63) is 58.1 Å². The molecule has 0 spiro atoms. The first-order chi connectivity index (χ1) is 9.22. The molecule has 3 rings (SSSR count). The number of para-hydroxylation sites is 1. The molecule has 0 radical (unpaired) electrons. The summed E-state index contributed by atoms with van der Waals surface area (Å²) in [7, 11) is 0. The largest absolute Gasteiger partial charge is 0.424 e. The van der Waals surface area contributed by atoms with Crippen molar-refractivity contribution in [1.82, 2.24) is 19.6 Å². The maximum atomic E-state index is 11.8. The minimum Gasteiger partial charge on any atom is -0.424 e. The van der Waals surface area contributed by atoms with E-state index in [9.17, 15) is 4.79 Å². The van der Waals surface area contributed by atoms with Crippen molar-refractivity contribution in [3.8, 4) is 11.8 Å². The lowest BCUT2D eigenvalue weighted by Crippen LogP contribution is -2.21. The van der Waals surface area contributed by atoms with E-state index in [1.165, 1.54) is 6.07 Å². The minimum atomic E-state index is -0.599. The molecule has 19 heavy (non-hydrogen) atoms. The molecule has 1 aromatic carbocycles. The Balaban J connectivity index is 2.07. The van der Waals surface area contributed by atoms with Crippen LogP contribution in [0.15, 0.2) is 47.3 Å². The highest BCUT2D eigenvalue weighted by molar-refractivity contribution is 6.29. The monoisotopic (exact) mass is 274 g/mol. The lowest BCUT2D eigenvalue weighted by Gasteiger charge is -2.04. The molecule has 3 aromatic rings. The van der Waals surface area contributed by atoms with Gasteiger partial charge in [0.15, 0.2) is 5.65 Å². The Labute approximate surface area is 112 Å². The molecule has 0 amide bonds. The van der Waals surface area contributed by atoms with Gasteiger partial charge in [0.05, 0.1) is 0 Å². The van der Waals surface area contributed by atoms with Crippen LogP contribution < -0.4 is 10.4 Å². The van der Waals surface area contributed by atoms with Gasteiger partial charge in [-0.3, -0.25) is 0 Å². The van der Waals surface area contributed by atoms with Gasteiger partial charge in [-0.15, -0.1) is 10.1 Å². The second-order valence-electron chi connectivity index (χ2n) is 3.63. The van der Waals surface area contributed by atoms with Gasteiger partial charge in [0.1, 0.15) is 10.9 Å². The van der Waals surface area contributed by atoms with Gasteiger partial charge in [0.2, 0.25) is 0 Å². The standard InChI is InChI=1S/C12H7ClN4O2/c13-9-6-7-10-14-11(15-12(18)17(10)16-9)19-8-4-2-1-3-5-8/h1-7H. The first-order valence-corrected chi connectivity index (χ1v) is 5.77. The molecule has 7 heteroatoms. The zero-order valence-electron chi connectivity index (χ0n) is 9.52. The van der Waals surface area contributed by atoms with Crippen LogP contribution in [-0.2, 0) is 0 Å². The summed E-state index contributed by atoms with van der Waals surface area (Å²) in [4.78, 5) is 19.5. The third kappa shape index (κ3) is 2.38. The molecule has 2 aromatic heterocycles. The summed E-state index contributed by atoms with van der Waals surface area (Å²) in [6.07, 6.45) is 0. The lowest BCUT2D eigenvalue weighted by molar-refractivity contribution is 0.437. The molecule has 0 N–H and O–H groups in total. The highest BCUT2D eigenvalue weighted by Crippen LogP contribution is 2.16. The van der Waals surface area contributed by atoms with E-state index in [1.807, 2.05) is 18.2 Å². The van der Waals surface area contributed by atoms with Crippen molar-refractivity contribution in [1.29, 1.82) is 0 Å². The summed E-state index contributed by atoms with van der Waals surface area (Å²) >= 11 is 5.70. The fraction of sp³-hybridized carbons (Fsp3) is 0. The zero-order valence-corrected chi connectivity index (χ0v) is 10.3. The van der Waals surface area contributed by atoms with Gasteiger partial charge in [0, 0.05) is 0 Å². The average molecular weight is 275 g/mol. The summed E-state index contributed by atoms with van der Waals surface area (Å²) in [6.45, 7) is 0. The lowest BCUT2D eigenvalue weighted by atomic mass is 10.3. The summed E-state index contributed by atoms with van der Waals surface area (Å²) < 4.78 is 6.42. The van der Waals surface area contributed by atoms with Crippen molar-refractivity contribution >= 4 is 17.2 Å². The van der Waals surface area contributed by atoms with Gasteiger partial charge in [-0.05, 0) is 24.3 Å². The molecule has 0 aliphatic carbocycles. The number of benzene rings is 1. The predicted octanol–water partition coefficient (Wildman–Crippen LogP) is 1.93. The predicted molar refractivity (Wildman–Crippen MR) is 68.6 cm³/mol. The first-order valence-electron chi connectivity index (χ1n) is 5.39. The number of fused-ring (bicyclic) bond motifs is 1. The second-order valence-corrected chi connectivity index (χ2v) is 4.02. The SMILES string of the molecule is O=c1nc(Oc2ccccc2)nc2ccc(Cl)nn12. The van der Waals surface area contributed by atoms with Gasteiger partial charge in [0.25, 0.3) is 0 Å². The normalized spacial score (nSPS) is 10.6. The van der Waals surface area contributed by atoms with Crippen LogP contribution in [0.2, 0.25) is 5.15 Å². The van der Waals surface area contributed by atoms with Crippen molar-refractivity contribution in [2.24, 2.45) is 0 Å². The molecule has 0 unspecified atom stereocenters. The number of rotatable bonds is 2. The van der Waals surface area contributed by atoms with Crippen LogP contribution in [0, 0.1) is 0 Å². The molecule has 0 atom stereocenters. The second kappa shape index (κ2) is 4.66. The van der Waals surface area contributed by atoms with Crippen LogP contribution >= 0.6 is 11.6 Å². The Bertz CT molecular complexity index is 789. The highest BCUT2D eigenvalue weighted by atomic mass is 35.5. The summed E-state index contributed by atoms with van der Waals surface area (Å²) in [5.41, 5.74) is -0.284. The Morgan fingerprint density at radius 2 is 1.84 bits per heavy atom. The molecule has 0 bridgehead atoms. The van der Waals surface area contributed by atoms with Crippen LogP contribution in [-0.4, -0.2) is 19.6 Å². The Kier molecular flexibility index (Phi) is 2.85. The van der Waals surface area contributed by atoms with E-state index in [-0.39, 0.29) is 11.2 Å². The third-order valence-corrected chi connectivity index (χ3v) is 2.52. The molecular formula is C12H7ClN4O2. The van der Waals surface area contributed by atoms with E-state index in [0.29, 0.717) is 11.4 Å². The van der Waals surface area contributed by atoms with Gasteiger partial charge >= 0.3 is 11.7 Å². The fourth-order valence-electron chi connectivity index (χ4n) is 1.51. The Morgan fingerprint density at radius 1 is 1.05 bits per heavy atom. The molecule has 6 nitrogen and oxygen atoms in total. The van der Waals surface area contributed by atoms with Crippen molar-refractivity contribution in [2.45, 2.75) is 0 Å². The van der Waals surface area contributed by atoms with Crippen molar-refractivity contribution in [3.63, 3.8) is 0 Å². The van der Waals surface area contributed by atoms with Crippen LogP contribution in [0.4, 0.5) is 0 Å². The quantitative estimate of drug-likeness (QED) is 0.714. The van der Waals surface area contributed by atoms with E-state index in [2.05, 4.69) is 15.1 Å². The minimum absolute atomic E-state index is 0.0275. The van der Waals surface area contributed by atoms with E-state index in [1.54, 1.807) is 18.2 Å². The Morgan fingerprint density at radius 3 is 2.63 bits per heavy atom. The molecule has 0 saturated heterocycles. The number of aromatic nitrogens is 4. The average Bonchev–Trinajstić information content (AvgIpc) is 2.41. The van der Waals surface area contributed by atoms with E-state index in [0.717, 1.165) is 4.52 Å². The Hall–Kier alpha value is -2.47. The topological polar surface area (TPSA) is 69.4 Å². The van der Waals surface area contributed by atoms with Crippen LogP contribution in [0.3, 0.4) is 0 Å². The fourth-order valence-corrected chi connectivity index (χ4v) is 1.65. The van der Waals surface area contributed by atoms with E-state index < -0.39 is 5.69 Å². The molecule has 0 aliphatic heterocycles. The van der Waals surface area contributed by atoms with Gasteiger partial charge in [-0.25, -0.2) is 4.79 Å². The molecule has 0 fully saturated rings. The van der Waals surface area contributed by atoms with Crippen molar-refractivity contribution < 1.29 is 4.74 Å². The van der Waals surface area contributed by atoms with Crippen LogP contribution in [0.5, 0.6) is 11.8 Å². The van der Waals surface area contributed by atoms with Crippen LogP contribution in [0.25, 0.3) is 5.65 Å². The maximum Gasteiger partial charge on any atom is 0.374 e. The number of ether oxygens (including phenoxy) is 1. The molecule has 0 saturated carbocycles. The number of halogens is 1. The molecular weight excluding hydrogens is 268 g/mol. The third-order valence-electron chi connectivity index (χ3n) is 2.32. The molecule has 94 valence electrons. The van der Waals surface area contributed by atoms with Gasteiger partial charge < -0.3 is 4.74 Å². The molecule has 0 aliphatic rings. The number of hydrogen-bond donors (Lipinski definition) is 0. The molecule has 2 heterocycles. The summed E-state index contributed by atoms with van der Waals surface area (Å²) in [5.74, 6) is 0.549. The van der Waals surface area contributed by atoms with E-state index in [4.69, 9.17) is 16.3 Å². The summed E-state index contributed by atoms with van der Waals surface area (Å²) in [6, 6.07) is 12.0. The van der Waals surface area contributed by atoms with Crippen LogP contribution in [0.1, 0.15) is 0 Å². The van der Waals surface area contributed by atoms with Crippen molar-refractivity contribution in [2.75, 3.05) is 0 Å².